The maximum Gasteiger partial charge on any atom is 0.0558 e. The molecule has 2 bridgehead atoms. The number of rotatable bonds is 0. The van der Waals surface area contributed by atoms with E-state index < -0.39 is 0 Å². The van der Waals surface area contributed by atoms with E-state index in [0.717, 1.165) is 55.1 Å². The Bertz CT molecular complexity index is 390. The Morgan fingerprint density at radius 2 is 1.26 bits per heavy atom. The zero-order valence-electron chi connectivity index (χ0n) is 12.1. The van der Waals surface area contributed by atoms with Crippen molar-refractivity contribution in [2.45, 2.75) is 13.1 Å². The van der Waals surface area contributed by atoms with Crippen molar-refractivity contribution < 1.29 is 0 Å². The molecule has 1 aromatic heterocycles. The Balaban J connectivity index is 2.19. The van der Waals surface area contributed by atoms with Gasteiger partial charge < -0.3 is 4.90 Å². The Morgan fingerprint density at radius 1 is 0.842 bits per heavy atom. The number of halogens is 1. The van der Waals surface area contributed by atoms with Crippen molar-refractivity contribution in [1.29, 1.82) is 0 Å². The number of fused-ring (bicyclic) bond motifs is 2. The molecule has 2 heterocycles. The molecular formula is C14H23BrN4. The van der Waals surface area contributed by atoms with Crippen molar-refractivity contribution in [1.82, 2.24) is 19.7 Å². The number of likely N-dealkylation sites (N-methyl/N-ethyl adjacent to an activating group) is 3. The predicted molar refractivity (Wildman–Crippen MR) is 82.1 cm³/mol. The van der Waals surface area contributed by atoms with Gasteiger partial charge in [-0.2, -0.15) is 0 Å². The molecule has 2 rings (SSSR count). The molecule has 1 aromatic rings. The van der Waals surface area contributed by atoms with Crippen LogP contribution in [0.25, 0.3) is 0 Å². The van der Waals surface area contributed by atoms with E-state index in [0.29, 0.717) is 0 Å². The summed E-state index contributed by atoms with van der Waals surface area (Å²) in [7, 11) is 6.52. The van der Waals surface area contributed by atoms with Gasteiger partial charge in [-0.3, -0.25) is 14.8 Å². The van der Waals surface area contributed by atoms with Crippen LogP contribution in [0.4, 0.5) is 0 Å². The highest BCUT2D eigenvalue weighted by molar-refractivity contribution is 9.10. The molecule has 0 amide bonds. The van der Waals surface area contributed by atoms with Crippen LogP contribution in [0.5, 0.6) is 0 Å². The van der Waals surface area contributed by atoms with Crippen LogP contribution in [0.15, 0.2) is 16.6 Å². The van der Waals surface area contributed by atoms with Crippen molar-refractivity contribution in [3.05, 3.63) is 28.0 Å². The molecule has 1 aliphatic heterocycles. The smallest absolute Gasteiger partial charge is 0.0558 e. The fourth-order valence-corrected chi connectivity index (χ4v) is 2.81. The normalized spacial score (nSPS) is 20.8. The summed E-state index contributed by atoms with van der Waals surface area (Å²) in [5, 5.41) is 0. The van der Waals surface area contributed by atoms with E-state index in [1.165, 1.54) is 0 Å². The van der Waals surface area contributed by atoms with E-state index >= 15 is 0 Å². The third kappa shape index (κ3) is 4.84. The molecule has 0 saturated heterocycles. The fraction of sp³-hybridized carbons (Fsp3) is 0.643. The van der Waals surface area contributed by atoms with Crippen LogP contribution < -0.4 is 0 Å². The minimum atomic E-state index is 0.907. The molecule has 0 saturated carbocycles. The highest BCUT2D eigenvalue weighted by Gasteiger charge is 2.10. The van der Waals surface area contributed by atoms with E-state index in [4.69, 9.17) is 4.98 Å². The van der Waals surface area contributed by atoms with E-state index in [-0.39, 0.29) is 0 Å². The molecule has 106 valence electrons. The Labute approximate surface area is 124 Å². The van der Waals surface area contributed by atoms with Gasteiger partial charge in [-0.1, -0.05) is 15.9 Å². The summed E-state index contributed by atoms with van der Waals surface area (Å²) >= 11 is 3.59. The maximum absolute atomic E-state index is 4.76. The zero-order chi connectivity index (χ0) is 13.8. The van der Waals surface area contributed by atoms with Gasteiger partial charge in [0.25, 0.3) is 0 Å². The Hall–Kier alpha value is -0.490. The molecule has 5 heteroatoms. The summed E-state index contributed by atoms with van der Waals surface area (Å²) in [5.74, 6) is 0. The van der Waals surface area contributed by atoms with Crippen LogP contribution >= 0.6 is 15.9 Å². The van der Waals surface area contributed by atoms with Gasteiger partial charge in [0.05, 0.1) is 11.4 Å². The summed E-state index contributed by atoms with van der Waals surface area (Å²) in [4.78, 5) is 11.8. The van der Waals surface area contributed by atoms with Gasteiger partial charge in [-0.15, -0.1) is 0 Å². The van der Waals surface area contributed by atoms with Crippen molar-refractivity contribution in [2.24, 2.45) is 0 Å². The van der Waals surface area contributed by atoms with E-state index in [1.807, 2.05) is 0 Å². The van der Waals surface area contributed by atoms with Gasteiger partial charge in [0.1, 0.15) is 0 Å². The summed E-state index contributed by atoms with van der Waals surface area (Å²) < 4.78 is 1.13. The molecule has 0 N–H and O–H groups in total. The molecule has 19 heavy (non-hydrogen) atoms. The highest BCUT2D eigenvalue weighted by Crippen LogP contribution is 2.15. The Morgan fingerprint density at radius 3 is 1.74 bits per heavy atom. The maximum atomic E-state index is 4.76. The lowest BCUT2D eigenvalue weighted by Gasteiger charge is -2.26. The lowest BCUT2D eigenvalue weighted by Crippen LogP contribution is -2.36. The first kappa shape index (κ1) is 14.9. The summed E-state index contributed by atoms with van der Waals surface area (Å²) in [6.07, 6.45) is 0. The number of hydrogen-bond acceptors (Lipinski definition) is 4. The van der Waals surface area contributed by atoms with Crippen molar-refractivity contribution >= 4 is 15.9 Å². The summed E-state index contributed by atoms with van der Waals surface area (Å²) in [5.41, 5.74) is 2.28. The quantitative estimate of drug-likeness (QED) is 0.723. The lowest BCUT2D eigenvalue weighted by molar-refractivity contribution is 0.215. The summed E-state index contributed by atoms with van der Waals surface area (Å²) in [6.45, 7) is 6.16. The standard InChI is InChI=1S/C14H23BrN4/c1-17-4-6-18(2)10-13-8-12(15)9-14(16-13)11-19(3)7-5-17/h8-9H,4-7,10-11H2,1-3H3. The van der Waals surface area contributed by atoms with Crippen LogP contribution in [0.3, 0.4) is 0 Å². The number of pyridine rings is 1. The highest BCUT2D eigenvalue weighted by atomic mass is 79.9. The minimum Gasteiger partial charge on any atom is -0.304 e. The molecule has 0 radical (unpaired) electrons. The summed E-state index contributed by atoms with van der Waals surface area (Å²) in [6, 6.07) is 4.24. The van der Waals surface area contributed by atoms with Crippen molar-refractivity contribution in [3.8, 4) is 0 Å². The molecule has 0 aromatic carbocycles. The second-order valence-corrected chi connectivity index (χ2v) is 6.46. The molecule has 0 aliphatic carbocycles. The molecule has 0 unspecified atom stereocenters. The minimum absolute atomic E-state index is 0.907. The molecule has 0 atom stereocenters. The molecule has 1 aliphatic rings. The van der Waals surface area contributed by atoms with Crippen LogP contribution in [0.1, 0.15) is 11.4 Å². The average molecular weight is 327 g/mol. The molecule has 0 fully saturated rings. The average Bonchev–Trinajstić information content (AvgIpc) is 2.32. The second kappa shape index (κ2) is 6.79. The molecular weight excluding hydrogens is 304 g/mol. The largest absolute Gasteiger partial charge is 0.304 e. The van der Waals surface area contributed by atoms with E-state index in [1.54, 1.807) is 0 Å². The van der Waals surface area contributed by atoms with Gasteiger partial charge in [0.15, 0.2) is 0 Å². The SMILES string of the molecule is CN1CCN(C)Cc2cc(Br)cc(n2)CN(C)CC1. The first-order chi connectivity index (χ1) is 9.02. The lowest BCUT2D eigenvalue weighted by atomic mass is 10.2. The number of nitrogens with zero attached hydrogens (tertiary/aromatic N) is 4. The zero-order valence-corrected chi connectivity index (χ0v) is 13.7. The third-order valence-electron chi connectivity index (χ3n) is 3.49. The van der Waals surface area contributed by atoms with Gasteiger partial charge >= 0.3 is 0 Å². The first-order valence-electron chi connectivity index (χ1n) is 6.74. The predicted octanol–water partition coefficient (Wildman–Crippen LogP) is 1.65. The van der Waals surface area contributed by atoms with Crippen molar-refractivity contribution in [2.75, 3.05) is 47.3 Å². The topological polar surface area (TPSA) is 22.6 Å². The Kier molecular flexibility index (Phi) is 5.33. The first-order valence-corrected chi connectivity index (χ1v) is 7.53. The van der Waals surface area contributed by atoms with Gasteiger partial charge in [0.2, 0.25) is 0 Å². The van der Waals surface area contributed by atoms with Gasteiger partial charge in [-0.05, 0) is 33.3 Å². The van der Waals surface area contributed by atoms with E-state index in [9.17, 15) is 0 Å². The molecule has 0 spiro atoms. The molecule has 4 nitrogen and oxygen atoms in total. The van der Waals surface area contributed by atoms with Crippen LogP contribution in [0, 0.1) is 0 Å². The monoisotopic (exact) mass is 326 g/mol. The van der Waals surface area contributed by atoms with Crippen LogP contribution in [-0.2, 0) is 13.1 Å². The fourth-order valence-electron chi connectivity index (χ4n) is 2.28. The van der Waals surface area contributed by atoms with Crippen LogP contribution in [0.2, 0.25) is 0 Å². The van der Waals surface area contributed by atoms with E-state index in [2.05, 4.69) is 63.9 Å². The number of hydrogen-bond donors (Lipinski definition) is 0. The van der Waals surface area contributed by atoms with Gasteiger partial charge in [0, 0.05) is 43.7 Å². The van der Waals surface area contributed by atoms with Crippen LogP contribution in [-0.4, -0.2) is 67.0 Å². The second-order valence-electron chi connectivity index (χ2n) is 5.55. The number of aromatic nitrogens is 1. The van der Waals surface area contributed by atoms with Crippen molar-refractivity contribution in [3.63, 3.8) is 0 Å². The van der Waals surface area contributed by atoms with Gasteiger partial charge in [-0.25, -0.2) is 0 Å². The third-order valence-corrected chi connectivity index (χ3v) is 3.94.